The van der Waals surface area contributed by atoms with Gasteiger partial charge in [0.1, 0.15) is 35.0 Å². The lowest BCUT2D eigenvalue weighted by atomic mass is 9.11. The minimum atomic E-state index is -8.05. The third kappa shape index (κ3) is 10.5. The van der Waals surface area contributed by atoms with Crippen molar-refractivity contribution >= 4 is 76.8 Å². The quantitative estimate of drug-likeness (QED) is 0.0508. The predicted octanol–water partition coefficient (Wildman–Crippen LogP) is 17.1. The van der Waals surface area contributed by atoms with Crippen molar-refractivity contribution in [1.82, 2.24) is 0 Å². The van der Waals surface area contributed by atoms with E-state index < -0.39 is 275 Å². The lowest BCUT2D eigenvalue weighted by Gasteiger charge is -2.47. The second kappa shape index (κ2) is 25.5. The van der Waals surface area contributed by atoms with E-state index in [4.69, 9.17) is 0 Å². The Balaban J connectivity index is 0.000000367. The molecule has 96 heavy (non-hydrogen) atoms. The van der Waals surface area contributed by atoms with Gasteiger partial charge in [-0.25, -0.2) is 132 Å². The number of halogens is 36. The zero-order valence-corrected chi connectivity index (χ0v) is 46.6. The van der Waals surface area contributed by atoms with Crippen LogP contribution in [-0.4, -0.2) is 25.9 Å². The molecule has 0 saturated carbocycles. The molecule has 0 aliphatic carbocycles. The van der Waals surface area contributed by atoms with Crippen LogP contribution in [0, 0.1) is 186 Å². The van der Waals surface area contributed by atoms with Crippen molar-refractivity contribution in [3.05, 3.63) is 192 Å². The summed E-state index contributed by atoms with van der Waals surface area (Å²) < 4.78 is 553. The average Bonchev–Trinajstić information content (AvgIpc) is 0.662. The van der Waals surface area contributed by atoms with Gasteiger partial charge in [0.2, 0.25) is 0 Å². The topological polar surface area (TPSA) is 4.44 Å². The van der Waals surface area contributed by atoms with Gasteiger partial charge in [-0.05, 0) is 33.9 Å². The molecular formula is C58H24BF36N. The van der Waals surface area contributed by atoms with E-state index in [1.807, 2.05) is 13.8 Å². The fourth-order valence-corrected chi connectivity index (χ4v) is 11.5. The molecule has 0 aliphatic rings. The minimum absolute atomic E-state index is 0.0978. The van der Waals surface area contributed by atoms with Crippen molar-refractivity contribution in [3.8, 4) is 0 Å². The summed E-state index contributed by atoms with van der Waals surface area (Å²) in [4.78, 5) is 0.0978. The zero-order valence-electron chi connectivity index (χ0n) is 46.6. The first-order valence-electron chi connectivity index (χ1n) is 26.3. The fraction of sp³-hybridized carbons (Fsp3) is 0.207. The Morgan fingerprint density at radius 2 is 0.552 bits per heavy atom. The summed E-state index contributed by atoms with van der Waals surface area (Å²) in [7, 11) is 1.32. The molecule has 0 spiro atoms. The van der Waals surface area contributed by atoms with E-state index in [0.29, 0.717) is 12.5 Å². The highest BCUT2D eigenvalue weighted by molar-refractivity contribution is 7.23. The first kappa shape index (κ1) is 73.3. The van der Waals surface area contributed by atoms with Gasteiger partial charge >= 0.3 is 12.1 Å². The smallest absolute Gasteiger partial charge is 0.302 e. The number of hydrogen-bond donors (Lipinski definition) is 1. The molecular weight excluding hydrogens is 1410 g/mol. The number of nitrogens with one attached hydrogen (secondary N) is 1. The van der Waals surface area contributed by atoms with Crippen LogP contribution in [0.25, 0.3) is 43.1 Å². The van der Waals surface area contributed by atoms with Crippen LogP contribution in [0.2, 0.25) is 0 Å². The van der Waals surface area contributed by atoms with Crippen molar-refractivity contribution in [2.24, 2.45) is 5.92 Å². The Morgan fingerprint density at radius 3 is 0.781 bits per heavy atom. The first-order valence-corrected chi connectivity index (χ1v) is 26.3. The number of quaternary nitrogens is 1. The van der Waals surface area contributed by atoms with Gasteiger partial charge in [0.15, 0.2) is 163 Å². The zero-order chi connectivity index (χ0) is 72.6. The van der Waals surface area contributed by atoms with E-state index in [-0.39, 0.29) is 17.4 Å². The van der Waals surface area contributed by atoms with Crippen LogP contribution in [0.1, 0.15) is 51.5 Å². The first-order chi connectivity index (χ1) is 44.4. The molecule has 9 rings (SSSR count). The Bertz CT molecular complexity index is 4290. The summed E-state index contributed by atoms with van der Waals surface area (Å²) in [6, 6.07) is 0.336. The van der Waals surface area contributed by atoms with Crippen LogP contribution < -0.4 is 26.8 Å². The van der Waals surface area contributed by atoms with Crippen molar-refractivity contribution in [1.29, 1.82) is 0 Å². The highest BCUT2D eigenvalue weighted by Crippen LogP contribution is 2.48. The second-order valence-corrected chi connectivity index (χ2v) is 21.0. The van der Waals surface area contributed by atoms with Crippen LogP contribution in [0.4, 0.5) is 164 Å². The minimum Gasteiger partial charge on any atom is -0.302 e. The van der Waals surface area contributed by atoms with E-state index in [0.717, 1.165) is 25.7 Å². The Hall–Kier alpha value is -8.48. The largest absolute Gasteiger partial charge is 0.458 e. The molecule has 38 heteroatoms. The molecule has 0 saturated heterocycles. The maximum Gasteiger partial charge on any atom is 0.458 e. The van der Waals surface area contributed by atoms with Crippen molar-refractivity contribution in [2.75, 3.05) is 13.6 Å². The molecule has 516 valence electrons. The highest BCUT2D eigenvalue weighted by atomic mass is 19.4. The van der Waals surface area contributed by atoms with Gasteiger partial charge in [-0.1, -0.05) is 39.5 Å². The van der Waals surface area contributed by atoms with E-state index in [1.165, 1.54) is 7.05 Å². The molecule has 2 unspecified atom stereocenters. The molecule has 9 aromatic rings. The van der Waals surface area contributed by atoms with Crippen molar-refractivity contribution in [3.63, 3.8) is 0 Å². The summed E-state index contributed by atoms with van der Waals surface area (Å²) in [6.07, 6.45) is -10.1. The highest BCUT2D eigenvalue weighted by Gasteiger charge is 2.62. The number of fused-ring (bicyclic) bond motifs is 4. The van der Waals surface area contributed by atoms with Gasteiger partial charge < -0.3 is 4.90 Å². The SMILES string of the molecule is CCCCC(CC)CC[NH+](C)c1cc(F)c(F)c(C(F)(F)C(F)(F)F)c1F.Fc1c(F)c(F)c2c([B-](c3c(F)c(F)c(F)c4c(F)c(F)c(F)c(F)c34)(c3c(F)c(F)c(F)c4c(F)c(F)c(F)c(F)c34)c3c(F)c(F)c(F)c4c(F)c(F)c(F)c(F)c34)c(F)c(F)c(F)c2c1F. The molecule has 1 N–H and O–H groups in total. The monoisotopic (exact) mass is 1430 g/mol. The van der Waals surface area contributed by atoms with Crippen molar-refractivity contribution in [2.45, 2.75) is 58.1 Å². The Labute approximate surface area is 508 Å². The Kier molecular flexibility index (Phi) is 19.5. The van der Waals surface area contributed by atoms with Gasteiger partial charge in [-0.3, -0.25) is 0 Å². The van der Waals surface area contributed by atoms with Crippen LogP contribution >= 0.6 is 0 Å². The summed E-state index contributed by atoms with van der Waals surface area (Å²) in [6.45, 7) is 4.15. The number of rotatable bonds is 13. The molecule has 0 aliphatic heterocycles. The normalized spacial score (nSPS) is 13.1. The summed E-state index contributed by atoms with van der Waals surface area (Å²) in [5.74, 6) is -116. The number of benzene rings is 9. The standard InChI is InChI=1S/C40BF28.C18H23F8N/c42-13-1-5(21(50)37(66)33(13)62)17(46)29(58)25(54)9(1)41(10-2-6(18(47)30(59)26(10)55)22(51)38(67)34(63)14(2)43,11-3-7(19(48)31(60)27(11)56)23(52)39(68)35(64)15(3)44)12-4-8(20(49)32(61)28(12)57)24(53)40(69)36(65)16(4)45;1-4-6-7-11(5-2)8-9-27(3)13-10-12(19)15(20)14(16(13)21)17(22,23)18(24,25)26/h;10-11H,4-9H2,1-3H3/q-1;/p+1. The van der Waals surface area contributed by atoms with E-state index in [9.17, 15) is 52.7 Å². The summed E-state index contributed by atoms with van der Waals surface area (Å²) in [5, 5.41) is -27.0. The molecule has 1 nitrogen and oxygen atoms in total. The second-order valence-electron chi connectivity index (χ2n) is 21.0. The van der Waals surface area contributed by atoms with Gasteiger partial charge in [0.25, 0.3) is 0 Å². The van der Waals surface area contributed by atoms with Gasteiger partial charge in [-0.2, -0.15) is 26.3 Å². The number of alkyl halides is 5. The van der Waals surface area contributed by atoms with E-state index in [1.54, 1.807) is 0 Å². The third-order valence-electron chi connectivity index (χ3n) is 16.0. The van der Waals surface area contributed by atoms with Crippen molar-refractivity contribution < 1.29 is 163 Å². The van der Waals surface area contributed by atoms with Crippen LogP contribution in [0.5, 0.6) is 0 Å². The molecule has 9 aromatic carbocycles. The lowest BCUT2D eigenvalue weighted by molar-refractivity contribution is -0.812. The molecule has 0 bridgehead atoms. The molecule has 0 fully saturated rings. The molecule has 0 heterocycles. The van der Waals surface area contributed by atoms with Gasteiger partial charge in [0, 0.05) is 6.07 Å². The molecule has 0 aromatic heterocycles. The number of hydrogen-bond acceptors (Lipinski definition) is 0. The summed E-state index contributed by atoms with van der Waals surface area (Å²) in [5.41, 5.74) is -18.8. The fourth-order valence-electron chi connectivity index (χ4n) is 11.5. The molecule has 0 amide bonds. The van der Waals surface area contributed by atoms with Crippen LogP contribution in [-0.2, 0) is 5.92 Å². The van der Waals surface area contributed by atoms with Gasteiger partial charge in [-0.15, -0.1) is 21.9 Å². The van der Waals surface area contributed by atoms with E-state index in [2.05, 4.69) is 0 Å². The number of unbranched alkanes of at least 4 members (excludes halogenated alkanes) is 1. The average molecular weight is 1430 g/mol. The Morgan fingerprint density at radius 1 is 0.312 bits per heavy atom. The van der Waals surface area contributed by atoms with Crippen LogP contribution in [0.15, 0.2) is 6.07 Å². The lowest BCUT2D eigenvalue weighted by Crippen LogP contribution is -3.04. The maximum absolute atomic E-state index is 17.3. The molecule has 0 radical (unpaired) electrons. The van der Waals surface area contributed by atoms with E-state index >= 15 is 105 Å². The van der Waals surface area contributed by atoms with Crippen LogP contribution in [0.3, 0.4) is 0 Å². The maximum atomic E-state index is 17.3. The molecule has 2 atom stereocenters. The van der Waals surface area contributed by atoms with Gasteiger partial charge in [0.05, 0.1) is 35.1 Å². The predicted molar refractivity (Wildman–Crippen MR) is 265 cm³/mol. The third-order valence-corrected chi connectivity index (χ3v) is 16.0. The summed E-state index contributed by atoms with van der Waals surface area (Å²) >= 11 is 0.